The molecule has 0 radical (unpaired) electrons. The summed E-state index contributed by atoms with van der Waals surface area (Å²) in [6.45, 7) is 3.57. The number of hydrogen-bond donors (Lipinski definition) is 3. The van der Waals surface area contributed by atoms with Crippen LogP contribution in [0.1, 0.15) is 0 Å². The second-order valence-electron chi connectivity index (χ2n) is 9.09. The number of fused-ring (bicyclic) bond motifs is 1. The fraction of sp³-hybridized carbons (Fsp3) is 0.280. The number of hydrogen-bond acceptors (Lipinski definition) is 8. The molecule has 0 atom stereocenters. The Hall–Kier alpha value is -3.90. The molecule has 0 amide bonds. The highest BCUT2D eigenvalue weighted by Crippen LogP contribution is 2.32. The van der Waals surface area contributed by atoms with Crippen molar-refractivity contribution in [3.05, 3.63) is 60.5 Å². The molecule has 3 heterocycles. The number of benzene rings is 2. The number of sulfonamides is 1. The van der Waals surface area contributed by atoms with Crippen LogP contribution in [0.2, 0.25) is 0 Å². The van der Waals surface area contributed by atoms with Crippen molar-refractivity contribution in [1.82, 2.24) is 19.9 Å². The van der Waals surface area contributed by atoms with Gasteiger partial charge in [-0.3, -0.25) is 4.31 Å². The van der Waals surface area contributed by atoms with Crippen LogP contribution >= 0.6 is 0 Å². The first-order valence-corrected chi connectivity index (χ1v) is 13.7. The molecule has 12 heteroatoms. The van der Waals surface area contributed by atoms with E-state index in [-0.39, 0.29) is 11.6 Å². The Morgan fingerprint density at radius 3 is 2.49 bits per heavy atom. The van der Waals surface area contributed by atoms with Gasteiger partial charge < -0.3 is 25.4 Å². The molecule has 0 unspecified atom stereocenters. The van der Waals surface area contributed by atoms with Crippen molar-refractivity contribution >= 4 is 55.6 Å². The second kappa shape index (κ2) is 9.87. The molecule has 37 heavy (non-hydrogen) atoms. The number of H-pyrrole nitrogens is 1. The van der Waals surface area contributed by atoms with Gasteiger partial charge in [0, 0.05) is 45.1 Å². The molecule has 194 valence electrons. The summed E-state index contributed by atoms with van der Waals surface area (Å²) < 4.78 is 40.6. The van der Waals surface area contributed by atoms with E-state index in [1.54, 1.807) is 36.5 Å². The van der Waals surface area contributed by atoms with Crippen molar-refractivity contribution in [3.8, 4) is 0 Å². The van der Waals surface area contributed by atoms with Crippen molar-refractivity contribution in [1.29, 1.82) is 0 Å². The molecule has 10 nitrogen and oxygen atoms in total. The van der Waals surface area contributed by atoms with E-state index in [1.165, 1.54) is 17.4 Å². The monoisotopic (exact) mass is 524 g/mol. The molecule has 1 aliphatic heterocycles. The molecule has 3 N–H and O–H groups in total. The fourth-order valence-corrected chi connectivity index (χ4v) is 4.76. The number of anilines is 6. The van der Waals surface area contributed by atoms with Crippen LogP contribution in [0, 0.1) is 5.82 Å². The van der Waals surface area contributed by atoms with Crippen molar-refractivity contribution in [2.24, 2.45) is 0 Å². The molecular weight excluding hydrogens is 495 g/mol. The maximum Gasteiger partial charge on any atom is 0.232 e. The number of halogens is 1. The second-order valence-corrected chi connectivity index (χ2v) is 11.1. The van der Waals surface area contributed by atoms with Crippen LogP contribution in [0.25, 0.3) is 11.0 Å². The third kappa shape index (κ3) is 5.30. The van der Waals surface area contributed by atoms with Crippen LogP contribution in [-0.4, -0.2) is 74.8 Å². The molecule has 1 fully saturated rings. The molecule has 0 saturated carbocycles. The number of nitrogens with zero attached hydrogens (tertiary/aromatic N) is 5. The predicted octanol–water partition coefficient (Wildman–Crippen LogP) is 3.73. The average molecular weight is 525 g/mol. The molecule has 1 aliphatic rings. The SMILES string of the molecule is CN1CCN(c2ccc(Nc3nc(Nc4ccccc4N(C)S(C)(=O)=O)c4cc[nH]c4n3)c(F)c2)CC1. The lowest BCUT2D eigenvalue weighted by Crippen LogP contribution is -2.44. The van der Waals surface area contributed by atoms with Crippen molar-refractivity contribution in [2.45, 2.75) is 0 Å². The molecule has 1 saturated heterocycles. The summed E-state index contributed by atoms with van der Waals surface area (Å²) in [5, 5.41) is 6.92. The van der Waals surface area contributed by atoms with Crippen LogP contribution in [0.3, 0.4) is 0 Å². The van der Waals surface area contributed by atoms with Crippen LogP contribution in [-0.2, 0) is 10.0 Å². The molecular formula is C25H29FN8O2S. The van der Waals surface area contributed by atoms with Crippen LogP contribution in [0.5, 0.6) is 0 Å². The minimum absolute atomic E-state index is 0.192. The summed E-state index contributed by atoms with van der Waals surface area (Å²) in [6.07, 6.45) is 2.87. The van der Waals surface area contributed by atoms with Gasteiger partial charge in [0.1, 0.15) is 17.3 Å². The van der Waals surface area contributed by atoms with E-state index in [9.17, 15) is 8.42 Å². The van der Waals surface area contributed by atoms with E-state index in [0.717, 1.165) is 38.1 Å². The first kappa shape index (κ1) is 24.8. The van der Waals surface area contributed by atoms with Crippen molar-refractivity contribution < 1.29 is 12.8 Å². The number of rotatable bonds is 7. The Morgan fingerprint density at radius 2 is 1.76 bits per heavy atom. The van der Waals surface area contributed by atoms with Gasteiger partial charge in [0.15, 0.2) is 0 Å². The van der Waals surface area contributed by atoms with Gasteiger partial charge in [-0.15, -0.1) is 0 Å². The van der Waals surface area contributed by atoms with E-state index >= 15 is 4.39 Å². The zero-order valence-electron chi connectivity index (χ0n) is 20.9. The first-order valence-electron chi connectivity index (χ1n) is 11.8. The van der Waals surface area contributed by atoms with Gasteiger partial charge in [0.2, 0.25) is 16.0 Å². The Labute approximate surface area is 215 Å². The molecule has 0 spiro atoms. The third-order valence-corrected chi connectivity index (χ3v) is 7.67. The lowest BCUT2D eigenvalue weighted by atomic mass is 10.2. The Bertz CT molecular complexity index is 1530. The summed E-state index contributed by atoms with van der Waals surface area (Å²) in [5.41, 5.74) is 2.65. The summed E-state index contributed by atoms with van der Waals surface area (Å²) in [6, 6.07) is 13.9. The summed E-state index contributed by atoms with van der Waals surface area (Å²) in [5.74, 6) is 0.233. The van der Waals surface area contributed by atoms with Crippen LogP contribution < -0.4 is 19.8 Å². The molecule has 0 aliphatic carbocycles. The molecule has 0 bridgehead atoms. The fourth-order valence-electron chi connectivity index (χ4n) is 4.24. The number of para-hydroxylation sites is 2. The van der Waals surface area contributed by atoms with Gasteiger partial charge >= 0.3 is 0 Å². The summed E-state index contributed by atoms with van der Waals surface area (Å²) in [7, 11) is 0.0944. The van der Waals surface area contributed by atoms with Crippen molar-refractivity contribution in [2.75, 3.05) is 66.4 Å². The number of aromatic nitrogens is 3. The highest BCUT2D eigenvalue weighted by atomic mass is 32.2. The Balaban J connectivity index is 1.43. The quantitative estimate of drug-likeness (QED) is 0.336. The molecule has 5 rings (SSSR count). The smallest absolute Gasteiger partial charge is 0.232 e. The van der Waals surface area contributed by atoms with E-state index in [0.29, 0.717) is 28.2 Å². The van der Waals surface area contributed by atoms with Gasteiger partial charge in [-0.25, -0.2) is 12.8 Å². The maximum absolute atomic E-state index is 15.1. The Morgan fingerprint density at radius 1 is 1.00 bits per heavy atom. The highest BCUT2D eigenvalue weighted by Gasteiger charge is 2.19. The normalized spacial score (nSPS) is 14.6. The van der Waals surface area contributed by atoms with E-state index in [2.05, 4.69) is 42.4 Å². The number of nitrogens with one attached hydrogen (secondary N) is 3. The first-order chi connectivity index (χ1) is 17.7. The van der Waals surface area contributed by atoms with Crippen LogP contribution in [0.15, 0.2) is 54.7 Å². The molecule has 2 aromatic heterocycles. The number of likely N-dealkylation sites (N-methyl/N-ethyl adjacent to an activating group) is 1. The summed E-state index contributed by atoms with van der Waals surface area (Å²) >= 11 is 0. The number of piperazine rings is 1. The van der Waals surface area contributed by atoms with Gasteiger partial charge in [-0.1, -0.05) is 12.1 Å². The molecule has 4 aromatic rings. The minimum Gasteiger partial charge on any atom is -0.369 e. The predicted molar refractivity (Wildman–Crippen MR) is 146 cm³/mol. The topological polar surface area (TPSA) is 109 Å². The van der Waals surface area contributed by atoms with E-state index in [4.69, 9.17) is 0 Å². The Kier molecular flexibility index (Phi) is 6.61. The van der Waals surface area contributed by atoms with Gasteiger partial charge in [-0.05, 0) is 43.4 Å². The van der Waals surface area contributed by atoms with Gasteiger partial charge in [-0.2, -0.15) is 9.97 Å². The zero-order chi connectivity index (χ0) is 26.2. The zero-order valence-corrected chi connectivity index (χ0v) is 21.7. The average Bonchev–Trinajstić information content (AvgIpc) is 3.34. The van der Waals surface area contributed by atoms with Crippen molar-refractivity contribution in [3.63, 3.8) is 0 Å². The minimum atomic E-state index is -3.48. The number of aromatic amines is 1. The standard InChI is InChI=1S/C25H29FN8O2S/c1-32-12-14-34(15-13-32)17-8-9-20(19(26)16-17)29-25-30-23-18(10-11-27-23)24(31-25)28-21-6-4-5-7-22(21)33(2)37(3,35)36/h4-11,16H,12-15H2,1-3H3,(H3,27,28,29,30,31). The highest BCUT2D eigenvalue weighted by molar-refractivity contribution is 7.92. The van der Waals surface area contributed by atoms with Gasteiger partial charge in [0.25, 0.3) is 0 Å². The third-order valence-electron chi connectivity index (χ3n) is 6.48. The largest absolute Gasteiger partial charge is 0.369 e. The van der Waals surface area contributed by atoms with Gasteiger partial charge in [0.05, 0.1) is 28.7 Å². The molecule has 2 aromatic carbocycles. The van der Waals surface area contributed by atoms with Crippen LogP contribution in [0.4, 0.5) is 38.9 Å². The van der Waals surface area contributed by atoms with E-state index in [1.807, 2.05) is 12.1 Å². The summed E-state index contributed by atoms with van der Waals surface area (Å²) in [4.78, 5) is 16.5. The lowest BCUT2D eigenvalue weighted by molar-refractivity contribution is 0.313. The lowest BCUT2D eigenvalue weighted by Gasteiger charge is -2.34. The maximum atomic E-state index is 15.1. The van der Waals surface area contributed by atoms with E-state index < -0.39 is 15.8 Å².